The minimum absolute atomic E-state index is 0.119. The minimum atomic E-state index is -0.305. The highest BCUT2D eigenvalue weighted by Crippen LogP contribution is 2.24. The van der Waals surface area contributed by atoms with Gasteiger partial charge in [0, 0.05) is 24.3 Å². The van der Waals surface area contributed by atoms with E-state index in [2.05, 4.69) is 16.7 Å². The van der Waals surface area contributed by atoms with Crippen molar-refractivity contribution in [2.45, 2.75) is 33.0 Å². The predicted octanol–water partition coefficient (Wildman–Crippen LogP) is 2.85. The molecule has 0 spiro atoms. The van der Waals surface area contributed by atoms with Crippen molar-refractivity contribution in [3.05, 3.63) is 64.7 Å². The van der Waals surface area contributed by atoms with Crippen LogP contribution in [0.25, 0.3) is 0 Å². The van der Waals surface area contributed by atoms with Crippen LogP contribution in [-0.4, -0.2) is 34.6 Å². The third-order valence-electron chi connectivity index (χ3n) is 5.06. The number of rotatable bonds is 5. The largest absolute Gasteiger partial charge is 0.394 e. The van der Waals surface area contributed by atoms with Gasteiger partial charge >= 0.3 is 6.03 Å². The smallest absolute Gasteiger partial charge is 0.322 e. The molecule has 2 aromatic rings. The Bertz CT molecular complexity index is 948. The number of benzene rings is 2. The normalized spacial score (nSPS) is 13.6. The summed E-state index contributed by atoms with van der Waals surface area (Å²) in [5, 5.41) is 24.0. The molecule has 1 heterocycles. The fourth-order valence-electron chi connectivity index (χ4n) is 3.19. The monoisotopic (exact) mass is 392 g/mol. The van der Waals surface area contributed by atoms with E-state index in [1.165, 1.54) is 0 Å². The summed E-state index contributed by atoms with van der Waals surface area (Å²) in [5.41, 5.74) is 3.65. The van der Waals surface area contributed by atoms with E-state index in [-0.39, 0.29) is 30.5 Å². The number of nitrogens with zero attached hydrogens (tertiary/aromatic N) is 2. The molecule has 2 aromatic carbocycles. The molecule has 7 nitrogen and oxygen atoms in total. The van der Waals surface area contributed by atoms with E-state index in [1.807, 2.05) is 26.0 Å². The zero-order chi connectivity index (χ0) is 21.0. The summed E-state index contributed by atoms with van der Waals surface area (Å²) < 4.78 is 0. The zero-order valence-electron chi connectivity index (χ0n) is 16.5. The molecule has 0 aromatic heterocycles. The SMILES string of the molecule is CC(C)[C@H](CO)NC(=O)c1ccc(NC(=O)N2Cc3ccc(C#N)cc3C2)cc1. The van der Waals surface area contributed by atoms with Gasteiger partial charge in [0.2, 0.25) is 0 Å². The van der Waals surface area contributed by atoms with Crippen LogP contribution in [-0.2, 0) is 13.1 Å². The van der Waals surface area contributed by atoms with Crippen LogP contribution in [0, 0.1) is 17.2 Å². The molecular formula is C22H24N4O3. The Morgan fingerprint density at radius 2 is 1.83 bits per heavy atom. The lowest BCUT2D eigenvalue weighted by molar-refractivity contribution is 0.0897. The van der Waals surface area contributed by atoms with Crippen LogP contribution in [0.3, 0.4) is 0 Å². The standard InChI is InChI=1S/C22H24N4O3/c1-14(2)20(13-27)25-21(28)16-5-7-19(8-6-16)24-22(29)26-11-17-4-3-15(10-23)9-18(17)12-26/h3-9,14,20,27H,11-13H2,1-2H3,(H,24,29)(H,25,28)/t20-/m0/s1. The van der Waals surface area contributed by atoms with Gasteiger partial charge in [0.15, 0.2) is 0 Å². The van der Waals surface area contributed by atoms with E-state index in [1.54, 1.807) is 35.2 Å². The molecule has 7 heteroatoms. The highest BCUT2D eigenvalue weighted by Gasteiger charge is 2.23. The van der Waals surface area contributed by atoms with Gasteiger partial charge in [0.05, 0.1) is 24.3 Å². The van der Waals surface area contributed by atoms with Crippen LogP contribution in [0.1, 0.15) is 40.9 Å². The Balaban J connectivity index is 1.59. The quantitative estimate of drug-likeness (QED) is 0.727. The van der Waals surface area contributed by atoms with Crippen LogP contribution in [0.15, 0.2) is 42.5 Å². The zero-order valence-corrected chi connectivity index (χ0v) is 16.5. The molecule has 0 unspecified atom stereocenters. The summed E-state index contributed by atoms with van der Waals surface area (Å²) in [4.78, 5) is 26.5. The lowest BCUT2D eigenvalue weighted by Gasteiger charge is -2.20. The van der Waals surface area contributed by atoms with Crippen LogP contribution in [0.2, 0.25) is 0 Å². The topological polar surface area (TPSA) is 105 Å². The van der Waals surface area contributed by atoms with Gasteiger partial charge in [-0.3, -0.25) is 4.79 Å². The van der Waals surface area contributed by atoms with E-state index < -0.39 is 0 Å². The number of hydrogen-bond donors (Lipinski definition) is 3. The van der Waals surface area contributed by atoms with E-state index >= 15 is 0 Å². The second-order valence-corrected chi connectivity index (χ2v) is 7.47. The van der Waals surface area contributed by atoms with E-state index in [9.17, 15) is 14.7 Å². The first-order valence-electron chi connectivity index (χ1n) is 9.51. The van der Waals surface area contributed by atoms with Gasteiger partial charge in [-0.1, -0.05) is 19.9 Å². The summed E-state index contributed by atoms with van der Waals surface area (Å²) in [5.74, 6) is -0.143. The van der Waals surface area contributed by atoms with Crippen molar-refractivity contribution < 1.29 is 14.7 Å². The van der Waals surface area contributed by atoms with Crippen LogP contribution in [0.5, 0.6) is 0 Å². The number of urea groups is 1. The number of nitriles is 1. The third-order valence-corrected chi connectivity index (χ3v) is 5.06. The molecule has 0 radical (unpaired) electrons. The van der Waals surface area contributed by atoms with Crippen molar-refractivity contribution in [3.8, 4) is 6.07 Å². The summed E-state index contributed by atoms with van der Waals surface area (Å²) in [6.07, 6.45) is 0. The van der Waals surface area contributed by atoms with Crippen molar-refractivity contribution >= 4 is 17.6 Å². The second kappa shape index (κ2) is 8.76. The first kappa shape index (κ1) is 20.4. The number of amides is 3. The molecule has 0 bridgehead atoms. The summed E-state index contributed by atoms with van der Waals surface area (Å²) in [7, 11) is 0. The first-order chi connectivity index (χ1) is 13.9. The van der Waals surface area contributed by atoms with Gasteiger partial charge in [-0.05, 0) is 53.4 Å². The molecule has 1 aliphatic rings. The minimum Gasteiger partial charge on any atom is -0.394 e. The Kier molecular flexibility index (Phi) is 6.15. The van der Waals surface area contributed by atoms with Crippen LogP contribution < -0.4 is 10.6 Å². The van der Waals surface area contributed by atoms with Crippen molar-refractivity contribution in [1.82, 2.24) is 10.2 Å². The van der Waals surface area contributed by atoms with Gasteiger partial charge in [-0.2, -0.15) is 5.26 Å². The molecule has 29 heavy (non-hydrogen) atoms. The van der Waals surface area contributed by atoms with E-state index in [0.29, 0.717) is 29.9 Å². The van der Waals surface area contributed by atoms with Crippen molar-refractivity contribution in [3.63, 3.8) is 0 Å². The van der Waals surface area contributed by atoms with E-state index in [4.69, 9.17) is 5.26 Å². The molecule has 0 aliphatic carbocycles. The van der Waals surface area contributed by atoms with Gasteiger partial charge in [-0.15, -0.1) is 0 Å². The number of carbonyl (C=O) groups is 2. The molecular weight excluding hydrogens is 368 g/mol. The number of fused-ring (bicyclic) bond motifs is 1. The predicted molar refractivity (Wildman–Crippen MR) is 109 cm³/mol. The maximum atomic E-state index is 12.6. The number of anilines is 1. The molecule has 3 amide bonds. The lowest BCUT2D eigenvalue weighted by atomic mass is 10.0. The molecule has 3 N–H and O–H groups in total. The average Bonchev–Trinajstić information content (AvgIpc) is 3.15. The Hall–Kier alpha value is -3.37. The Morgan fingerprint density at radius 3 is 2.45 bits per heavy atom. The molecule has 0 saturated heterocycles. The van der Waals surface area contributed by atoms with Crippen molar-refractivity contribution in [2.75, 3.05) is 11.9 Å². The summed E-state index contributed by atoms with van der Waals surface area (Å²) >= 11 is 0. The van der Waals surface area contributed by atoms with E-state index in [0.717, 1.165) is 11.1 Å². The number of aliphatic hydroxyl groups excluding tert-OH is 1. The summed E-state index contributed by atoms with van der Waals surface area (Å²) in [6.45, 7) is 4.68. The number of carbonyl (C=O) groups excluding carboxylic acids is 2. The third kappa shape index (κ3) is 4.73. The van der Waals surface area contributed by atoms with Gasteiger partial charge in [0.1, 0.15) is 0 Å². The summed E-state index contributed by atoms with van der Waals surface area (Å²) in [6, 6.07) is 13.6. The Morgan fingerprint density at radius 1 is 1.14 bits per heavy atom. The first-order valence-corrected chi connectivity index (χ1v) is 9.51. The maximum absolute atomic E-state index is 12.6. The lowest BCUT2D eigenvalue weighted by Crippen LogP contribution is -2.41. The number of nitrogens with one attached hydrogen (secondary N) is 2. The van der Waals surface area contributed by atoms with Gasteiger partial charge in [0.25, 0.3) is 5.91 Å². The second-order valence-electron chi connectivity index (χ2n) is 7.47. The number of hydrogen-bond acceptors (Lipinski definition) is 4. The highest BCUT2D eigenvalue weighted by atomic mass is 16.3. The van der Waals surface area contributed by atoms with Gasteiger partial charge < -0.3 is 20.6 Å². The average molecular weight is 392 g/mol. The molecule has 0 saturated carbocycles. The Labute approximate surface area is 170 Å². The fraction of sp³-hybridized carbons (Fsp3) is 0.318. The number of aliphatic hydroxyl groups is 1. The highest BCUT2D eigenvalue weighted by molar-refractivity contribution is 5.95. The van der Waals surface area contributed by atoms with Gasteiger partial charge in [-0.25, -0.2) is 4.79 Å². The maximum Gasteiger partial charge on any atom is 0.322 e. The molecule has 3 rings (SSSR count). The molecule has 1 atom stereocenters. The van der Waals surface area contributed by atoms with Crippen molar-refractivity contribution in [2.24, 2.45) is 5.92 Å². The van der Waals surface area contributed by atoms with Crippen molar-refractivity contribution in [1.29, 1.82) is 5.26 Å². The van der Waals surface area contributed by atoms with Crippen LogP contribution >= 0.6 is 0 Å². The molecule has 1 aliphatic heterocycles. The molecule has 150 valence electrons. The van der Waals surface area contributed by atoms with Crippen LogP contribution in [0.4, 0.5) is 10.5 Å². The molecule has 0 fully saturated rings. The fourth-order valence-corrected chi connectivity index (χ4v) is 3.19.